The van der Waals surface area contributed by atoms with Crippen LogP contribution in [-0.4, -0.2) is 79.4 Å². The number of imidazole rings is 1. The van der Waals surface area contributed by atoms with Crippen LogP contribution >= 0.6 is 7.82 Å². The quantitative estimate of drug-likeness (QED) is 0.189. The molecule has 0 unspecified atom stereocenters. The minimum absolute atomic E-state index is 0.118. The zero-order valence-electron chi connectivity index (χ0n) is 12.4. The van der Waals surface area contributed by atoms with Gasteiger partial charge in [0.05, 0.1) is 12.9 Å². The molecule has 0 bridgehead atoms. The van der Waals surface area contributed by atoms with Crippen LogP contribution in [0.3, 0.4) is 0 Å². The van der Waals surface area contributed by atoms with Crippen LogP contribution in [0, 0.1) is 5.41 Å². The summed E-state index contributed by atoms with van der Waals surface area (Å²) in [4.78, 5) is 29.4. The first kappa shape index (κ1) is 19.4. The van der Waals surface area contributed by atoms with Crippen molar-refractivity contribution in [3.05, 3.63) is 18.1 Å². The summed E-state index contributed by atoms with van der Waals surface area (Å²) in [6, 6.07) is 0. The molecule has 3 heterocycles. The Labute approximate surface area is 138 Å². The van der Waals surface area contributed by atoms with Crippen molar-refractivity contribution >= 4 is 19.0 Å². The molecule has 3 rings (SSSR count). The molecule has 2 aromatic rings. The van der Waals surface area contributed by atoms with Crippen LogP contribution in [0.1, 0.15) is 6.23 Å². The third-order valence-corrected chi connectivity index (χ3v) is 3.30. The number of hydrogen-bond acceptors (Lipinski definition) is 9. The summed E-state index contributed by atoms with van der Waals surface area (Å²) in [5.74, 6) is 0. The van der Waals surface area contributed by atoms with Crippen LogP contribution in [0.4, 0.5) is 0 Å². The number of ether oxygens (including phenoxy) is 1. The Bertz CT molecular complexity index is 839. The van der Waals surface area contributed by atoms with Crippen LogP contribution in [-0.2, 0) is 9.30 Å². The first-order chi connectivity index (χ1) is 11.5. The van der Waals surface area contributed by atoms with Gasteiger partial charge in [-0.3, -0.25) is 9.98 Å². The summed E-state index contributed by atoms with van der Waals surface area (Å²) in [5, 5.41) is 45.7. The van der Waals surface area contributed by atoms with Gasteiger partial charge in [0.15, 0.2) is 22.9 Å². The normalized spacial score (nSPS) is 26.5. The Morgan fingerprint density at radius 2 is 1.80 bits per heavy atom. The molecule has 0 saturated carbocycles. The minimum Gasteiger partial charge on any atom is -0.425 e. The van der Waals surface area contributed by atoms with Gasteiger partial charge in [-0.25, -0.2) is 14.5 Å². The standard InChI is InChI=1S/C10H13N5O5.H3O4P/c11-8-5-9(13-3-15(8)19)14(2-12-5)10-7(18)6(17)4(1-16)20-10;1-5(2,3)4/h2-4,6-7,10-11,16-19H,1H2;(H3,1,2,3,4)/t4-,6-,7-,10-;/m1./s1. The average Bonchev–Trinajstić information content (AvgIpc) is 3.04. The summed E-state index contributed by atoms with van der Waals surface area (Å²) in [6.45, 7) is -0.435. The molecule has 1 fully saturated rings. The molecule has 0 radical (unpaired) electrons. The van der Waals surface area contributed by atoms with Crippen molar-refractivity contribution in [3.8, 4) is 0 Å². The molecular weight excluding hydrogens is 365 g/mol. The van der Waals surface area contributed by atoms with Crippen molar-refractivity contribution in [2.75, 3.05) is 6.61 Å². The lowest BCUT2D eigenvalue weighted by atomic mass is 10.1. The summed E-state index contributed by atoms with van der Waals surface area (Å²) >= 11 is 0. The maximum Gasteiger partial charge on any atom is 0.466 e. The lowest BCUT2D eigenvalue weighted by molar-refractivity contribution is -0.0511. The summed E-state index contributed by atoms with van der Waals surface area (Å²) in [5.41, 5.74) is 0.0726. The monoisotopic (exact) mass is 381 g/mol. The van der Waals surface area contributed by atoms with Gasteiger partial charge in [-0.1, -0.05) is 0 Å². The van der Waals surface area contributed by atoms with Crippen molar-refractivity contribution in [2.24, 2.45) is 0 Å². The molecule has 2 aromatic heterocycles. The highest BCUT2D eigenvalue weighted by Crippen LogP contribution is 2.30. The van der Waals surface area contributed by atoms with Crippen molar-refractivity contribution in [1.82, 2.24) is 19.3 Å². The second kappa shape index (κ2) is 7.15. The van der Waals surface area contributed by atoms with E-state index in [1.807, 2.05) is 0 Å². The molecule has 4 atom stereocenters. The van der Waals surface area contributed by atoms with E-state index in [1.165, 1.54) is 10.9 Å². The zero-order chi connectivity index (χ0) is 18.9. The van der Waals surface area contributed by atoms with Gasteiger partial charge in [0.1, 0.15) is 24.6 Å². The van der Waals surface area contributed by atoms with E-state index < -0.39 is 39.0 Å². The number of fused-ring (bicyclic) bond motifs is 1. The van der Waals surface area contributed by atoms with Crippen molar-refractivity contribution in [1.29, 1.82) is 5.41 Å². The summed E-state index contributed by atoms with van der Waals surface area (Å²) < 4.78 is 16.1. The highest BCUT2D eigenvalue weighted by Gasteiger charge is 2.43. The number of aromatic nitrogens is 4. The molecule has 8 N–H and O–H groups in total. The SMILES string of the molecule is N=c1c2ncn([C@@H]3O[C@H](CO)[C@@H](O)[C@H]3O)c2ncn1O.O=P(O)(O)O. The molecule has 0 spiro atoms. The van der Waals surface area contributed by atoms with Gasteiger partial charge in [-0.05, 0) is 0 Å². The molecule has 25 heavy (non-hydrogen) atoms. The first-order valence-electron chi connectivity index (χ1n) is 6.63. The number of nitrogens with one attached hydrogen (secondary N) is 1. The number of phosphoric acid groups is 1. The average molecular weight is 381 g/mol. The minimum atomic E-state index is -4.64. The fourth-order valence-electron chi connectivity index (χ4n) is 2.22. The van der Waals surface area contributed by atoms with Crippen LogP contribution in [0.2, 0.25) is 0 Å². The van der Waals surface area contributed by atoms with E-state index in [0.717, 1.165) is 6.33 Å². The highest BCUT2D eigenvalue weighted by atomic mass is 31.2. The molecule has 15 heteroatoms. The molecule has 0 aliphatic carbocycles. The van der Waals surface area contributed by atoms with E-state index in [2.05, 4.69) is 9.97 Å². The van der Waals surface area contributed by atoms with Crippen molar-refractivity contribution in [2.45, 2.75) is 24.5 Å². The van der Waals surface area contributed by atoms with Crippen LogP contribution in [0.25, 0.3) is 11.2 Å². The number of aliphatic hydroxyl groups is 3. The van der Waals surface area contributed by atoms with Crippen molar-refractivity contribution < 1.29 is 44.5 Å². The second-order valence-electron chi connectivity index (χ2n) is 5.00. The van der Waals surface area contributed by atoms with Gasteiger partial charge < -0.3 is 39.9 Å². The lowest BCUT2D eigenvalue weighted by Gasteiger charge is -2.16. The van der Waals surface area contributed by atoms with E-state index in [4.69, 9.17) is 34.5 Å². The van der Waals surface area contributed by atoms with Crippen LogP contribution in [0.5, 0.6) is 0 Å². The predicted octanol–water partition coefficient (Wildman–Crippen LogP) is -3.37. The fraction of sp³-hybridized carbons (Fsp3) is 0.500. The number of rotatable bonds is 2. The topological polar surface area (TPSA) is 227 Å². The first-order valence-corrected chi connectivity index (χ1v) is 8.20. The van der Waals surface area contributed by atoms with Gasteiger partial charge in [0.25, 0.3) is 0 Å². The Balaban J connectivity index is 0.000000399. The van der Waals surface area contributed by atoms with Crippen LogP contribution < -0.4 is 5.49 Å². The lowest BCUT2D eigenvalue weighted by Crippen LogP contribution is -2.33. The van der Waals surface area contributed by atoms with E-state index in [0.29, 0.717) is 4.73 Å². The predicted molar refractivity (Wildman–Crippen MR) is 75.8 cm³/mol. The van der Waals surface area contributed by atoms with E-state index in [9.17, 15) is 15.4 Å². The fourth-order valence-corrected chi connectivity index (χ4v) is 2.22. The third kappa shape index (κ3) is 4.20. The molecular formula is C10H16N5O9P. The second-order valence-corrected chi connectivity index (χ2v) is 6.03. The molecule has 1 aliphatic rings. The molecule has 0 aromatic carbocycles. The maximum atomic E-state index is 9.95. The Morgan fingerprint density at radius 3 is 2.32 bits per heavy atom. The van der Waals surface area contributed by atoms with Crippen LogP contribution in [0.15, 0.2) is 12.7 Å². The number of aliphatic hydroxyl groups excluding tert-OH is 3. The van der Waals surface area contributed by atoms with E-state index in [1.54, 1.807) is 0 Å². The molecule has 14 nitrogen and oxygen atoms in total. The maximum absolute atomic E-state index is 9.95. The van der Waals surface area contributed by atoms with Gasteiger partial charge >= 0.3 is 7.82 Å². The number of nitrogens with zero attached hydrogens (tertiary/aromatic N) is 4. The largest absolute Gasteiger partial charge is 0.466 e. The summed E-state index contributed by atoms with van der Waals surface area (Å²) in [6.07, 6.45) is -2.07. The van der Waals surface area contributed by atoms with E-state index >= 15 is 0 Å². The van der Waals surface area contributed by atoms with Gasteiger partial charge in [0.2, 0.25) is 0 Å². The molecule has 0 amide bonds. The smallest absolute Gasteiger partial charge is 0.425 e. The Morgan fingerprint density at radius 1 is 1.20 bits per heavy atom. The van der Waals surface area contributed by atoms with Gasteiger partial charge in [0, 0.05) is 0 Å². The van der Waals surface area contributed by atoms with E-state index in [-0.39, 0.29) is 16.7 Å². The van der Waals surface area contributed by atoms with Gasteiger partial charge in [-0.15, -0.1) is 0 Å². The molecule has 140 valence electrons. The molecule has 1 saturated heterocycles. The van der Waals surface area contributed by atoms with Crippen molar-refractivity contribution in [3.63, 3.8) is 0 Å². The van der Waals surface area contributed by atoms with Gasteiger partial charge in [-0.2, -0.15) is 4.73 Å². The Kier molecular flexibility index (Phi) is 5.55. The number of hydrogen-bond donors (Lipinski definition) is 8. The molecule has 1 aliphatic heterocycles. The third-order valence-electron chi connectivity index (χ3n) is 3.30. The Hall–Kier alpha value is -1.90. The summed E-state index contributed by atoms with van der Waals surface area (Å²) in [7, 11) is -4.64. The highest BCUT2D eigenvalue weighted by molar-refractivity contribution is 7.45. The zero-order valence-corrected chi connectivity index (χ0v) is 13.2.